The van der Waals surface area contributed by atoms with Gasteiger partial charge in [0, 0.05) is 39.8 Å². The highest BCUT2D eigenvalue weighted by molar-refractivity contribution is 8.36. The minimum absolute atomic E-state index is 0.0843. The molecule has 0 spiro atoms. The number of allylic oxidation sites excluding steroid dienone is 1. The minimum Gasteiger partial charge on any atom is -0.464 e. The molecule has 1 unspecified atom stereocenters. The van der Waals surface area contributed by atoms with Crippen molar-refractivity contribution in [2.45, 2.75) is 26.5 Å². The first-order valence-corrected chi connectivity index (χ1v) is 11.9. The van der Waals surface area contributed by atoms with E-state index in [1.165, 1.54) is 0 Å². The van der Waals surface area contributed by atoms with Gasteiger partial charge < -0.3 is 13.4 Å². The molecule has 6 heteroatoms. The van der Waals surface area contributed by atoms with E-state index in [0.29, 0.717) is 17.5 Å². The maximum Gasteiger partial charge on any atom is 0.247 e. The quantitative estimate of drug-likeness (QED) is 0.400. The van der Waals surface area contributed by atoms with Gasteiger partial charge in [-0.1, -0.05) is 50.3 Å². The van der Waals surface area contributed by atoms with Crippen molar-refractivity contribution in [3.05, 3.63) is 77.9 Å². The Morgan fingerprint density at radius 3 is 2.63 bits per heavy atom. The normalized spacial score (nSPS) is 22.7. The number of benzene rings is 2. The third-order valence-electron chi connectivity index (χ3n) is 5.40. The number of hydrogen-bond donors (Lipinski definition) is 1. The van der Waals surface area contributed by atoms with Crippen LogP contribution in [0.3, 0.4) is 0 Å². The molecule has 1 aliphatic rings. The van der Waals surface area contributed by atoms with Crippen molar-refractivity contribution in [2.75, 3.05) is 5.75 Å². The van der Waals surface area contributed by atoms with E-state index < -0.39 is 10.3 Å². The van der Waals surface area contributed by atoms with Gasteiger partial charge in [0.1, 0.15) is 11.8 Å². The largest absolute Gasteiger partial charge is 0.464 e. The predicted octanol–water partition coefficient (Wildman–Crippen LogP) is 6.65. The Morgan fingerprint density at radius 2 is 1.90 bits per heavy atom. The Morgan fingerprint density at radius 1 is 1.10 bits per heavy atom. The molecule has 3 heterocycles. The second kappa shape index (κ2) is 6.86. The van der Waals surface area contributed by atoms with Gasteiger partial charge >= 0.3 is 0 Å². The van der Waals surface area contributed by atoms with E-state index in [4.69, 9.17) is 8.83 Å². The Kier molecular flexibility index (Phi) is 4.38. The van der Waals surface area contributed by atoms with E-state index in [9.17, 15) is 4.55 Å². The van der Waals surface area contributed by atoms with Crippen LogP contribution < -0.4 is 0 Å². The van der Waals surface area contributed by atoms with Gasteiger partial charge in [-0.3, -0.25) is 0 Å². The van der Waals surface area contributed by atoms with Crippen LogP contribution in [0.4, 0.5) is 0 Å². The Labute approximate surface area is 177 Å². The van der Waals surface area contributed by atoms with E-state index >= 15 is 0 Å². The smallest absolute Gasteiger partial charge is 0.247 e. The zero-order valence-electron chi connectivity index (χ0n) is 17.3. The summed E-state index contributed by atoms with van der Waals surface area (Å²) in [5.41, 5.74) is 3.62. The molecule has 154 valence electrons. The fourth-order valence-corrected chi connectivity index (χ4v) is 7.80. The van der Waals surface area contributed by atoms with Crippen LogP contribution in [0, 0.1) is 12.3 Å². The number of aryl methyl sites for hydroxylation is 1. The highest BCUT2D eigenvalue weighted by Crippen LogP contribution is 2.67. The van der Waals surface area contributed by atoms with Crippen LogP contribution in [0.5, 0.6) is 0 Å². The van der Waals surface area contributed by atoms with Crippen LogP contribution in [0.2, 0.25) is 0 Å². The summed E-state index contributed by atoms with van der Waals surface area (Å²) in [5.74, 6) is 2.38. The molecule has 1 atom stereocenters. The molecule has 5 nitrogen and oxygen atoms in total. The molecule has 30 heavy (non-hydrogen) atoms. The molecule has 1 aliphatic heterocycles. The molecule has 0 fully saturated rings. The second-order valence-electron chi connectivity index (χ2n) is 8.60. The van der Waals surface area contributed by atoms with Crippen LogP contribution in [-0.2, 0) is 5.75 Å². The van der Waals surface area contributed by atoms with E-state index in [1.54, 1.807) is 13.2 Å². The number of aromatic nitrogens is 2. The highest BCUT2D eigenvalue weighted by atomic mass is 32.3. The van der Waals surface area contributed by atoms with Crippen LogP contribution >= 0.6 is 10.3 Å². The molecule has 0 aliphatic carbocycles. The van der Waals surface area contributed by atoms with Gasteiger partial charge in [0.2, 0.25) is 11.8 Å². The molecule has 0 saturated carbocycles. The fraction of sp³-hybridized carbons (Fsp3) is 0.250. The van der Waals surface area contributed by atoms with Gasteiger partial charge in [0.05, 0.1) is 0 Å². The van der Waals surface area contributed by atoms with Crippen LogP contribution in [0.1, 0.15) is 30.9 Å². The molecule has 2 aromatic heterocycles. The summed E-state index contributed by atoms with van der Waals surface area (Å²) >= 11 is 0. The molecule has 4 aromatic rings. The molecule has 0 saturated heterocycles. The molecule has 5 rings (SSSR count). The van der Waals surface area contributed by atoms with Gasteiger partial charge in [-0.2, -0.15) is 0 Å². The summed E-state index contributed by atoms with van der Waals surface area (Å²) in [6, 6.07) is 16.0. The third-order valence-corrected chi connectivity index (χ3v) is 8.59. The van der Waals surface area contributed by atoms with Crippen LogP contribution in [0.25, 0.3) is 27.3 Å². The van der Waals surface area contributed by atoms with Gasteiger partial charge in [-0.05, 0) is 29.2 Å². The zero-order valence-corrected chi connectivity index (χ0v) is 18.1. The van der Waals surface area contributed by atoms with Gasteiger partial charge in [-0.25, -0.2) is 0 Å². The van der Waals surface area contributed by atoms with E-state index in [-0.39, 0.29) is 5.41 Å². The van der Waals surface area contributed by atoms with E-state index in [2.05, 4.69) is 42.3 Å². The summed E-state index contributed by atoms with van der Waals surface area (Å²) in [6.45, 7) is 6.13. The summed E-state index contributed by atoms with van der Waals surface area (Å²) in [6.07, 6.45) is 3.99. The molecular formula is C24H24N2O3S. The molecule has 0 amide bonds. The SMILES string of the molecule is Cc1nnc(-c2ccc3occ(C4=CC(C)(C)CS4(O)Cc4ccccc4)c3c2)o1. The van der Waals surface area contributed by atoms with E-state index in [1.807, 2.05) is 36.4 Å². The van der Waals surface area contributed by atoms with Crippen molar-refractivity contribution >= 4 is 26.2 Å². The number of furan rings is 1. The summed E-state index contributed by atoms with van der Waals surface area (Å²) < 4.78 is 23.4. The lowest BCUT2D eigenvalue weighted by Gasteiger charge is -2.34. The lowest BCUT2D eigenvalue weighted by molar-refractivity contribution is 0.533. The standard InChI is InChI=1S/C24H24N2O3S/c1-16-25-26-23(29-16)18-9-10-21-19(11-18)20(13-28-21)22-12-24(2,3)15-30(22,27)14-17-7-5-4-6-8-17/h4-13,27H,14-15H2,1-3H3. The molecular weight excluding hydrogens is 396 g/mol. The predicted molar refractivity (Wildman–Crippen MR) is 121 cm³/mol. The fourth-order valence-electron chi connectivity index (χ4n) is 4.23. The first kappa shape index (κ1) is 19.2. The number of nitrogens with zero attached hydrogens (tertiary/aromatic N) is 2. The topological polar surface area (TPSA) is 72.3 Å². The van der Waals surface area contributed by atoms with Crippen molar-refractivity contribution in [2.24, 2.45) is 5.41 Å². The highest BCUT2D eigenvalue weighted by Gasteiger charge is 2.41. The summed E-state index contributed by atoms with van der Waals surface area (Å²) in [4.78, 5) is 0.994. The third kappa shape index (κ3) is 3.36. The van der Waals surface area contributed by atoms with Crippen molar-refractivity contribution in [3.8, 4) is 11.5 Å². The Bertz CT molecular complexity index is 1260. The number of rotatable bonds is 4. The maximum absolute atomic E-state index is 11.9. The Balaban J connectivity index is 1.61. The molecule has 0 bridgehead atoms. The average Bonchev–Trinajstić information content (AvgIpc) is 3.37. The van der Waals surface area contributed by atoms with Gasteiger partial charge in [0.25, 0.3) is 0 Å². The summed E-state index contributed by atoms with van der Waals surface area (Å²) in [5, 5.41) is 9.02. The van der Waals surface area contributed by atoms with Crippen molar-refractivity contribution in [1.29, 1.82) is 0 Å². The van der Waals surface area contributed by atoms with Gasteiger partial charge in [0.15, 0.2) is 0 Å². The minimum atomic E-state index is -2.04. The van der Waals surface area contributed by atoms with E-state index in [0.717, 1.165) is 38.3 Å². The van der Waals surface area contributed by atoms with Crippen LogP contribution in [-0.4, -0.2) is 20.5 Å². The monoisotopic (exact) mass is 420 g/mol. The first-order chi connectivity index (χ1) is 14.3. The maximum atomic E-state index is 11.9. The lowest BCUT2D eigenvalue weighted by atomic mass is 9.95. The lowest BCUT2D eigenvalue weighted by Crippen LogP contribution is -2.14. The van der Waals surface area contributed by atoms with Gasteiger partial charge in [-0.15, -0.1) is 20.5 Å². The molecule has 1 N–H and O–H groups in total. The van der Waals surface area contributed by atoms with Crippen LogP contribution in [0.15, 0.2) is 69.7 Å². The van der Waals surface area contributed by atoms with Crippen molar-refractivity contribution < 1.29 is 13.4 Å². The van der Waals surface area contributed by atoms with Crippen molar-refractivity contribution in [1.82, 2.24) is 10.2 Å². The molecule has 0 radical (unpaired) electrons. The first-order valence-electron chi connectivity index (χ1n) is 9.93. The number of hydrogen-bond acceptors (Lipinski definition) is 5. The molecule has 2 aromatic carbocycles. The zero-order chi connectivity index (χ0) is 20.9. The number of fused-ring (bicyclic) bond motifs is 1. The average molecular weight is 421 g/mol. The Hall–Kier alpha value is -2.83. The van der Waals surface area contributed by atoms with Crippen molar-refractivity contribution in [3.63, 3.8) is 0 Å². The summed E-state index contributed by atoms with van der Waals surface area (Å²) in [7, 11) is -2.04. The second-order valence-corrected chi connectivity index (χ2v) is 11.3.